The van der Waals surface area contributed by atoms with E-state index in [9.17, 15) is 4.79 Å². The van der Waals surface area contributed by atoms with Crippen LogP contribution in [-0.4, -0.2) is 54.2 Å². The standard InChI is InChI=1S/C16H17N7OS/c1-11-6-7-17-16(18-11)25-10-14(24)23(2)9-12-4-3-5-13(8-12)15-19-21-22-20-15/h3-8H,9-10H2,1-2H3,(H,19,20,21,22). The maximum absolute atomic E-state index is 12.3. The molecule has 0 saturated heterocycles. The Hall–Kier alpha value is -2.81. The average molecular weight is 355 g/mol. The normalized spacial score (nSPS) is 10.6. The summed E-state index contributed by atoms with van der Waals surface area (Å²) >= 11 is 1.34. The van der Waals surface area contributed by atoms with Crippen molar-refractivity contribution in [2.45, 2.75) is 18.6 Å². The summed E-state index contributed by atoms with van der Waals surface area (Å²) in [6, 6.07) is 9.56. The van der Waals surface area contributed by atoms with E-state index in [2.05, 4.69) is 30.6 Å². The van der Waals surface area contributed by atoms with Crippen LogP contribution in [0.15, 0.2) is 41.7 Å². The number of nitrogens with one attached hydrogen (secondary N) is 1. The summed E-state index contributed by atoms with van der Waals surface area (Å²) in [6.07, 6.45) is 1.70. The number of aromatic nitrogens is 6. The number of aryl methyl sites for hydroxylation is 1. The molecule has 9 heteroatoms. The summed E-state index contributed by atoms with van der Waals surface area (Å²) in [7, 11) is 1.78. The molecule has 0 aliphatic heterocycles. The molecule has 0 bridgehead atoms. The molecule has 8 nitrogen and oxygen atoms in total. The smallest absolute Gasteiger partial charge is 0.233 e. The molecule has 0 unspecified atom stereocenters. The Balaban J connectivity index is 1.59. The Morgan fingerprint density at radius 2 is 2.20 bits per heavy atom. The Bertz CT molecular complexity index is 853. The van der Waals surface area contributed by atoms with Gasteiger partial charge in [-0.25, -0.2) is 9.97 Å². The van der Waals surface area contributed by atoms with Crippen LogP contribution < -0.4 is 0 Å². The third kappa shape index (κ3) is 4.60. The number of benzene rings is 1. The minimum absolute atomic E-state index is 0.0140. The summed E-state index contributed by atoms with van der Waals surface area (Å²) in [6.45, 7) is 2.40. The average Bonchev–Trinajstić information content (AvgIpc) is 3.14. The quantitative estimate of drug-likeness (QED) is 0.531. The van der Waals surface area contributed by atoms with Crippen LogP contribution in [-0.2, 0) is 11.3 Å². The lowest BCUT2D eigenvalue weighted by atomic mass is 10.1. The summed E-state index contributed by atoms with van der Waals surface area (Å²) in [5.74, 6) is 0.841. The van der Waals surface area contributed by atoms with Crippen LogP contribution in [0.3, 0.4) is 0 Å². The van der Waals surface area contributed by atoms with Crippen molar-refractivity contribution in [3.05, 3.63) is 47.8 Å². The highest BCUT2D eigenvalue weighted by atomic mass is 32.2. The third-order valence-corrected chi connectivity index (χ3v) is 4.32. The summed E-state index contributed by atoms with van der Waals surface area (Å²) in [4.78, 5) is 22.4. The molecule has 2 heterocycles. The van der Waals surface area contributed by atoms with Gasteiger partial charge in [0, 0.05) is 31.0 Å². The predicted octanol–water partition coefficient (Wildman–Crippen LogP) is 1.72. The van der Waals surface area contributed by atoms with Crippen molar-refractivity contribution in [3.8, 4) is 11.4 Å². The van der Waals surface area contributed by atoms with E-state index in [-0.39, 0.29) is 5.91 Å². The monoisotopic (exact) mass is 355 g/mol. The van der Waals surface area contributed by atoms with Crippen molar-refractivity contribution < 1.29 is 4.79 Å². The topological polar surface area (TPSA) is 101 Å². The van der Waals surface area contributed by atoms with Crippen LogP contribution in [0.5, 0.6) is 0 Å². The Morgan fingerprint density at radius 1 is 1.32 bits per heavy atom. The number of carbonyl (C=O) groups is 1. The molecule has 0 radical (unpaired) electrons. The summed E-state index contributed by atoms with van der Waals surface area (Å²) in [5.41, 5.74) is 2.74. The molecule has 2 aromatic heterocycles. The fourth-order valence-corrected chi connectivity index (χ4v) is 3.00. The van der Waals surface area contributed by atoms with Crippen molar-refractivity contribution in [2.75, 3.05) is 12.8 Å². The molecular formula is C16H17N7OS. The van der Waals surface area contributed by atoms with Gasteiger partial charge in [-0.05, 0) is 29.8 Å². The summed E-state index contributed by atoms with van der Waals surface area (Å²) < 4.78 is 0. The van der Waals surface area contributed by atoms with Gasteiger partial charge in [0.25, 0.3) is 0 Å². The zero-order valence-electron chi connectivity index (χ0n) is 13.9. The van der Waals surface area contributed by atoms with E-state index in [1.165, 1.54) is 11.8 Å². The number of rotatable bonds is 6. The number of H-pyrrole nitrogens is 1. The second kappa shape index (κ2) is 7.84. The fourth-order valence-electron chi connectivity index (χ4n) is 2.19. The van der Waals surface area contributed by atoms with Crippen molar-refractivity contribution in [3.63, 3.8) is 0 Å². The van der Waals surface area contributed by atoms with Gasteiger partial charge in [0.15, 0.2) is 5.16 Å². The van der Waals surface area contributed by atoms with Crippen LogP contribution in [0.4, 0.5) is 0 Å². The zero-order valence-corrected chi connectivity index (χ0v) is 14.7. The minimum atomic E-state index is 0.0140. The van der Waals surface area contributed by atoms with Crippen LogP contribution in [0.25, 0.3) is 11.4 Å². The maximum atomic E-state index is 12.3. The molecule has 1 N–H and O–H groups in total. The third-order valence-electron chi connectivity index (χ3n) is 3.47. The van der Waals surface area contributed by atoms with Gasteiger partial charge in [0.2, 0.25) is 11.7 Å². The molecule has 0 fully saturated rings. The van der Waals surface area contributed by atoms with E-state index in [1.807, 2.05) is 37.3 Å². The van der Waals surface area contributed by atoms with Gasteiger partial charge in [0.1, 0.15) is 0 Å². The second-order valence-electron chi connectivity index (χ2n) is 5.45. The molecule has 0 spiro atoms. The number of hydrogen-bond acceptors (Lipinski definition) is 7. The molecule has 0 aliphatic carbocycles. The first-order valence-electron chi connectivity index (χ1n) is 7.61. The lowest BCUT2D eigenvalue weighted by Gasteiger charge is -2.17. The lowest BCUT2D eigenvalue weighted by Crippen LogP contribution is -2.27. The van der Waals surface area contributed by atoms with E-state index >= 15 is 0 Å². The Labute approximate surface area is 149 Å². The molecular weight excluding hydrogens is 338 g/mol. The SMILES string of the molecule is Cc1ccnc(SCC(=O)N(C)Cc2cccc(-c3nn[nH]n3)c2)n1. The highest BCUT2D eigenvalue weighted by Crippen LogP contribution is 2.17. The predicted molar refractivity (Wildman–Crippen MR) is 93.6 cm³/mol. The van der Waals surface area contributed by atoms with Gasteiger partial charge in [0.05, 0.1) is 5.75 Å². The molecule has 3 aromatic rings. The Morgan fingerprint density at radius 3 is 2.96 bits per heavy atom. The van der Waals surface area contributed by atoms with Gasteiger partial charge in [-0.1, -0.05) is 30.0 Å². The highest BCUT2D eigenvalue weighted by Gasteiger charge is 2.12. The number of amides is 1. The molecule has 1 aromatic carbocycles. The zero-order chi connectivity index (χ0) is 17.6. The first kappa shape index (κ1) is 17.0. The van der Waals surface area contributed by atoms with Crippen LogP contribution in [0, 0.1) is 6.92 Å². The molecule has 128 valence electrons. The van der Waals surface area contributed by atoms with Crippen LogP contribution in [0.2, 0.25) is 0 Å². The summed E-state index contributed by atoms with van der Waals surface area (Å²) in [5, 5.41) is 14.5. The van der Waals surface area contributed by atoms with Crippen LogP contribution >= 0.6 is 11.8 Å². The number of hydrogen-bond donors (Lipinski definition) is 1. The molecule has 0 aliphatic rings. The number of nitrogens with zero attached hydrogens (tertiary/aromatic N) is 6. The molecule has 0 atom stereocenters. The van der Waals surface area contributed by atoms with Gasteiger partial charge in [-0.15, -0.1) is 10.2 Å². The molecule has 1 amide bonds. The first-order chi connectivity index (χ1) is 12.1. The number of aromatic amines is 1. The van der Waals surface area contributed by atoms with Gasteiger partial charge in [-0.2, -0.15) is 5.21 Å². The van der Waals surface area contributed by atoms with E-state index < -0.39 is 0 Å². The van der Waals surface area contributed by atoms with Crippen molar-refractivity contribution in [1.29, 1.82) is 0 Å². The molecule has 0 saturated carbocycles. The number of carbonyl (C=O) groups excluding carboxylic acids is 1. The van der Waals surface area contributed by atoms with Crippen molar-refractivity contribution in [1.82, 2.24) is 35.5 Å². The maximum Gasteiger partial charge on any atom is 0.233 e. The van der Waals surface area contributed by atoms with Gasteiger partial charge in [-0.3, -0.25) is 4.79 Å². The van der Waals surface area contributed by atoms with E-state index in [0.717, 1.165) is 16.8 Å². The minimum Gasteiger partial charge on any atom is -0.341 e. The van der Waals surface area contributed by atoms with E-state index in [4.69, 9.17) is 0 Å². The molecule has 25 heavy (non-hydrogen) atoms. The van der Waals surface area contributed by atoms with Gasteiger partial charge >= 0.3 is 0 Å². The highest BCUT2D eigenvalue weighted by molar-refractivity contribution is 7.99. The van der Waals surface area contributed by atoms with Crippen molar-refractivity contribution >= 4 is 17.7 Å². The largest absolute Gasteiger partial charge is 0.341 e. The fraction of sp³-hybridized carbons (Fsp3) is 0.250. The van der Waals surface area contributed by atoms with E-state index in [1.54, 1.807) is 18.1 Å². The first-order valence-corrected chi connectivity index (χ1v) is 8.59. The molecule has 3 rings (SSSR count). The second-order valence-corrected chi connectivity index (χ2v) is 6.40. The van der Waals surface area contributed by atoms with Crippen molar-refractivity contribution in [2.24, 2.45) is 0 Å². The Kier molecular flexibility index (Phi) is 5.34. The number of thioether (sulfide) groups is 1. The number of tetrazole rings is 1. The van der Waals surface area contributed by atoms with E-state index in [0.29, 0.717) is 23.3 Å². The lowest BCUT2D eigenvalue weighted by molar-refractivity contribution is -0.127. The van der Waals surface area contributed by atoms with Gasteiger partial charge < -0.3 is 4.90 Å². The van der Waals surface area contributed by atoms with Crippen LogP contribution in [0.1, 0.15) is 11.3 Å².